The summed E-state index contributed by atoms with van der Waals surface area (Å²) in [6, 6.07) is 8.24. The van der Waals surface area contributed by atoms with Gasteiger partial charge in [0.2, 0.25) is 0 Å². The minimum atomic E-state index is -6.00. The van der Waals surface area contributed by atoms with Crippen molar-refractivity contribution in [3.63, 3.8) is 0 Å². The molecule has 0 atom stereocenters. The normalized spacial score (nSPS) is 11.2. The van der Waals surface area contributed by atoms with Crippen LogP contribution in [0.2, 0.25) is 0 Å². The van der Waals surface area contributed by atoms with Gasteiger partial charge in [-0.25, -0.2) is 0 Å². The van der Waals surface area contributed by atoms with Crippen molar-refractivity contribution in [1.82, 2.24) is 0 Å². The highest BCUT2D eigenvalue weighted by molar-refractivity contribution is 7.18. The van der Waals surface area contributed by atoms with Crippen molar-refractivity contribution in [1.29, 1.82) is 0 Å². The van der Waals surface area contributed by atoms with Crippen LogP contribution in [0.5, 0.6) is 0 Å². The zero-order chi connectivity index (χ0) is 14.3. The Balaban J connectivity index is 0.000000312. The molecule has 7 heteroatoms. The van der Waals surface area contributed by atoms with Gasteiger partial charge in [-0.15, -0.1) is 0 Å². The van der Waals surface area contributed by atoms with Gasteiger partial charge in [0.05, 0.1) is 6.42 Å². The highest BCUT2D eigenvalue weighted by atomic mass is 32.1. The van der Waals surface area contributed by atoms with Crippen molar-refractivity contribution in [3.05, 3.63) is 29.3 Å². The summed E-state index contributed by atoms with van der Waals surface area (Å²) < 4.78 is 46.0. The summed E-state index contributed by atoms with van der Waals surface area (Å²) in [4.78, 5) is 0. The highest BCUT2D eigenvalue weighted by Gasteiger charge is 2.20. The third-order valence-electron chi connectivity index (χ3n) is 2.28. The number of fused-ring (bicyclic) bond motifs is 1. The first kappa shape index (κ1) is 16.0. The van der Waals surface area contributed by atoms with Crippen molar-refractivity contribution in [2.75, 3.05) is 0 Å². The Bertz CT molecular complexity index is 459. The topological polar surface area (TPSA) is 11.3 Å². The molecular weight excluding hydrogens is 279 g/mol. The minimum Gasteiger partial charge on any atom is -0.418 e. The zero-order valence-corrected chi connectivity index (χ0v) is 11.4. The molecule has 1 aromatic heterocycles. The molecule has 0 bridgehead atoms. The lowest BCUT2D eigenvalue weighted by Crippen LogP contribution is -2.02. The first-order chi connectivity index (χ1) is 8.90. The van der Waals surface area contributed by atoms with Gasteiger partial charge in [0.25, 0.3) is 0 Å². The van der Waals surface area contributed by atoms with E-state index in [-0.39, 0.29) is 0 Å². The molecule has 106 valence electrons. The van der Waals surface area contributed by atoms with Gasteiger partial charge in [0.1, 0.15) is 4.70 Å². The Hall–Kier alpha value is -1.11. The summed E-state index contributed by atoms with van der Waals surface area (Å²) in [5, 5.41) is 1.17. The third-order valence-corrected chi connectivity index (χ3v) is 3.35. The molecule has 1 nitrogen and oxygen atoms in total. The summed E-state index contributed by atoms with van der Waals surface area (Å²) in [7, 11) is -6.00. The Morgan fingerprint density at radius 3 is 2.32 bits per heavy atom. The second kappa shape index (κ2) is 7.48. The molecule has 0 saturated heterocycles. The van der Waals surface area contributed by atoms with Crippen molar-refractivity contribution in [3.8, 4) is 0 Å². The zero-order valence-electron chi connectivity index (χ0n) is 10.5. The Morgan fingerprint density at radius 2 is 1.74 bits per heavy atom. The van der Waals surface area contributed by atoms with Gasteiger partial charge in [-0.3, -0.25) is 0 Å². The molecule has 0 amide bonds. The van der Waals surface area contributed by atoms with Gasteiger partial charge in [0.15, 0.2) is 0 Å². The lowest BCUT2D eigenvalue weighted by atomic mass is 10.2. The van der Waals surface area contributed by atoms with E-state index in [9.17, 15) is 17.3 Å². The molecule has 0 aliphatic rings. The summed E-state index contributed by atoms with van der Waals surface area (Å²) in [6.07, 6.45) is 4.90. The van der Waals surface area contributed by atoms with Crippen LogP contribution < -0.4 is 0 Å². The van der Waals surface area contributed by atoms with E-state index in [2.05, 4.69) is 19.1 Å². The molecule has 19 heavy (non-hydrogen) atoms. The monoisotopic (exact) mass is 294 g/mol. The minimum absolute atomic E-state index is 1.03. The second-order valence-electron chi connectivity index (χ2n) is 3.97. The largest absolute Gasteiger partial charge is 0.673 e. The maximum atomic E-state index is 9.75. The van der Waals surface area contributed by atoms with E-state index < -0.39 is 7.25 Å². The summed E-state index contributed by atoms with van der Waals surface area (Å²) in [6.45, 7) is 2.22. The lowest BCUT2D eigenvalue weighted by molar-refractivity contribution is 0.368. The van der Waals surface area contributed by atoms with Gasteiger partial charge in [0, 0.05) is 6.07 Å². The Labute approximate surface area is 113 Å². The van der Waals surface area contributed by atoms with Crippen LogP contribution in [-0.4, -0.2) is 7.25 Å². The number of benzene rings is 1. The van der Waals surface area contributed by atoms with E-state index in [0.29, 0.717) is 0 Å². The van der Waals surface area contributed by atoms with Crippen LogP contribution in [0.25, 0.3) is 10.3 Å². The molecule has 0 radical (unpaired) electrons. The predicted molar refractivity (Wildman–Crippen MR) is 71.9 cm³/mol. The van der Waals surface area contributed by atoms with Crippen LogP contribution in [0.1, 0.15) is 31.3 Å². The SMILES string of the molecule is CCCCCc1[o+]c2ccccc2s1.F[B-](F)(F)F. The first-order valence-corrected chi connectivity index (χ1v) is 6.89. The van der Waals surface area contributed by atoms with Gasteiger partial charge in [-0.05, 0) is 23.8 Å². The van der Waals surface area contributed by atoms with E-state index in [1.807, 2.05) is 12.1 Å². The standard InChI is InChI=1S/C12H15OS.BF4/c1-2-3-4-9-12-13-10-7-5-6-8-11(10)14-12;2-1(3,4)5/h5-8H,2-4,9H2,1H3;/q+1;-1. The van der Waals surface area contributed by atoms with Crippen molar-refractivity contribution >= 4 is 28.9 Å². The van der Waals surface area contributed by atoms with Crippen LogP contribution in [0, 0.1) is 0 Å². The van der Waals surface area contributed by atoms with Crippen LogP contribution >= 0.6 is 11.3 Å². The maximum absolute atomic E-state index is 9.75. The number of halogens is 4. The molecule has 0 unspecified atom stereocenters. The van der Waals surface area contributed by atoms with E-state index in [1.165, 1.54) is 29.0 Å². The fraction of sp³-hybridized carbons (Fsp3) is 0.417. The molecule has 0 aliphatic heterocycles. The highest BCUT2D eigenvalue weighted by Crippen LogP contribution is 2.26. The average molecular weight is 294 g/mol. The molecular formula is C12H15BF4OS. The third kappa shape index (κ3) is 7.15. The fourth-order valence-electron chi connectivity index (χ4n) is 1.51. The first-order valence-electron chi connectivity index (χ1n) is 6.08. The van der Waals surface area contributed by atoms with Crippen molar-refractivity contribution in [2.45, 2.75) is 32.6 Å². The Kier molecular flexibility index (Phi) is 6.28. The van der Waals surface area contributed by atoms with E-state index >= 15 is 0 Å². The number of unbranched alkanes of at least 4 members (excludes halogenated alkanes) is 2. The number of aryl methyl sites for hydroxylation is 1. The number of hydrogen-bond acceptors (Lipinski definition) is 1. The van der Waals surface area contributed by atoms with Crippen molar-refractivity contribution < 1.29 is 21.7 Å². The van der Waals surface area contributed by atoms with Gasteiger partial charge >= 0.3 is 17.9 Å². The van der Waals surface area contributed by atoms with Gasteiger partial charge in [-0.1, -0.05) is 31.9 Å². The molecule has 0 spiro atoms. The predicted octanol–water partition coefficient (Wildman–Crippen LogP) is 5.81. The number of para-hydroxylation sites is 1. The number of hydrogen-bond donors (Lipinski definition) is 0. The summed E-state index contributed by atoms with van der Waals surface area (Å²) >= 11 is 1.78. The van der Waals surface area contributed by atoms with Crippen LogP contribution in [0.15, 0.2) is 28.7 Å². The summed E-state index contributed by atoms with van der Waals surface area (Å²) in [5.74, 6) is 0. The Morgan fingerprint density at radius 1 is 1.11 bits per heavy atom. The van der Waals surface area contributed by atoms with Crippen molar-refractivity contribution in [2.24, 2.45) is 0 Å². The summed E-state index contributed by atoms with van der Waals surface area (Å²) in [5.41, 5.74) is 1.03. The van der Waals surface area contributed by atoms with Crippen LogP contribution in [0.3, 0.4) is 0 Å². The molecule has 0 fully saturated rings. The lowest BCUT2D eigenvalue weighted by Gasteiger charge is -1.94. The smallest absolute Gasteiger partial charge is 0.418 e. The maximum Gasteiger partial charge on any atom is 0.673 e. The molecule has 0 aliphatic carbocycles. The van der Waals surface area contributed by atoms with E-state index in [0.717, 1.165) is 12.0 Å². The van der Waals surface area contributed by atoms with E-state index in [1.54, 1.807) is 11.3 Å². The molecule has 2 rings (SSSR count). The molecule has 0 N–H and O–H groups in total. The average Bonchev–Trinajstić information content (AvgIpc) is 2.69. The molecule has 2 aromatic rings. The molecule has 1 heterocycles. The van der Waals surface area contributed by atoms with Gasteiger partial charge in [-0.2, -0.15) is 4.42 Å². The second-order valence-corrected chi connectivity index (χ2v) is 5.07. The quantitative estimate of drug-likeness (QED) is 0.300. The number of rotatable bonds is 4. The van der Waals surface area contributed by atoms with Gasteiger partial charge < -0.3 is 17.3 Å². The molecule has 0 saturated carbocycles. The van der Waals surface area contributed by atoms with E-state index in [4.69, 9.17) is 4.42 Å². The van der Waals surface area contributed by atoms with Crippen LogP contribution in [-0.2, 0) is 6.42 Å². The van der Waals surface area contributed by atoms with Crippen LogP contribution in [0.4, 0.5) is 17.3 Å². The molecule has 1 aromatic carbocycles. The fourth-order valence-corrected chi connectivity index (χ4v) is 2.49.